The number of alkyl halides is 1. The van der Waals surface area contributed by atoms with Gasteiger partial charge in [0.05, 0.1) is 11.4 Å². The van der Waals surface area contributed by atoms with Crippen molar-refractivity contribution in [2.24, 2.45) is 0 Å². The van der Waals surface area contributed by atoms with Crippen molar-refractivity contribution in [3.8, 4) is 0 Å². The first-order chi connectivity index (χ1) is 17.1. The molecule has 1 fully saturated rings. The van der Waals surface area contributed by atoms with Gasteiger partial charge < -0.3 is 10.6 Å². The second-order valence-electron chi connectivity index (χ2n) is 9.62. The predicted molar refractivity (Wildman–Crippen MR) is 151 cm³/mol. The molecule has 2 amide bonds. The lowest BCUT2D eigenvalue weighted by molar-refractivity contribution is -0.122. The molecule has 1 aliphatic heterocycles. The summed E-state index contributed by atoms with van der Waals surface area (Å²) < 4.78 is 0. The van der Waals surface area contributed by atoms with Gasteiger partial charge in [0, 0.05) is 18.0 Å². The Labute approximate surface area is 222 Å². The molecule has 2 atom stereocenters. The number of carbonyl (C=O) groups excluding carboxylic acids is 2. The van der Waals surface area contributed by atoms with Crippen LogP contribution in [-0.2, 0) is 9.59 Å². The van der Waals surface area contributed by atoms with Crippen molar-refractivity contribution in [2.45, 2.75) is 108 Å². The SMILES string of the molecule is CCCCCCCCCCCCCCCCNC(=O)[C@@H]1CSC(c2ccc(NC(=O)CCl)cc2)N1. The van der Waals surface area contributed by atoms with Gasteiger partial charge in [0.15, 0.2) is 0 Å². The first-order valence-electron chi connectivity index (χ1n) is 13.7. The summed E-state index contributed by atoms with van der Waals surface area (Å²) in [6.45, 7) is 3.04. The Hall–Kier alpha value is -1.24. The molecule has 7 heteroatoms. The highest BCUT2D eigenvalue weighted by Gasteiger charge is 2.30. The van der Waals surface area contributed by atoms with Crippen molar-refractivity contribution >= 4 is 40.9 Å². The minimum absolute atomic E-state index is 0.0576. The van der Waals surface area contributed by atoms with Crippen molar-refractivity contribution in [2.75, 3.05) is 23.5 Å². The molecule has 0 spiro atoms. The van der Waals surface area contributed by atoms with E-state index in [1.165, 1.54) is 83.5 Å². The van der Waals surface area contributed by atoms with Gasteiger partial charge in [-0.25, -0.2) is 0 Å². The van der Waals surface area contributed by atoms with Gasteiger partial charge in [-0.05, 0) is 24.1 Å². The van der Waals surface area contributed by atoms with Crippen LogP contribution in [-0.4, -0.2) is 36.0 Å². The van der Waals surface area contributed by atoms with E-state index in [2.05, 4.69) is 22.9 Å². The maximum atomic E-state index is 12.5. The Morgan fingerprint density at radius 1 is 0.886 bits per heavy atom. The van der Waals surface area contributed by atoms with E-state index in [1.807, 2.05) is 24.3 Å². The zero-order chi connectivity index (χ0) is 25.1. The van der Waals surface area contributed by atoms with Gasteiger partial charge in [-0.3, -0.25) is 14.9 Å². The van der Waals surface area contributed by atoms with E-state index in [4.69, 9.17) is 11.6 Å². The summed E-state index contributed by atoms with van der Waals surface area (Å²) in [5.41, 5.74) is 1.83. The number of amides is 2. The summed E-state index contributed by atoms with van der Waals surface area (Å²) in [5.74, 6) is 0.585. The number of benzene rings is 1. The van der Waals surface area contributed by atoms with E-state index >= 15 is 0 Å². The number of unbranched alkanes of at least 4 members (excludes halogenated alkanes) is 13. The van der Waals surface area contributed by atoms with Crippen LogP contribution in [0.2, 0.25) is 0 Å². The van der Waals surface area contributed by atoms with E-state index in [-0.39, 0.29) is 29.1 Å². The molecule has 1 aromatic carbocycles. The zero-order valence-corrected chi connectivity index (χ0v) is 23.2. The molecule has 1 unspecified atom stereocenters. The minimum Gasteiger partial charge on any atom is -0.355 e. The molecule has 0 radical (unpaired) electrons. The summed E-state index contributed by atoms with van der Waals surface area (Å²) in [5, 5.41) is 9.35. The molecule has 2 rings (SSSR count). The predicted octanol–water partition coefficient (Wildman–Crippen LogP) is 7.17. The number of hydrogen-bond acceptors (Lipinski definition) is 4. The largest absolute Gasteiger partial charge is 0.355 e. The fourth-order valence-corrected chi connectivity index (χ4v) is 5.71. The molecule has 0 aromatic heterocycles. The molecule has 1 heterocycles. The van der Waals surface area contributed by atoms with Gasteiger partial charge in [0.2, 0.25) is 11.8 Å². The Balaban J connectivity index is 1.45. The number of anilines is 1. The monoisotopic (exact) mass is 523 g/mol. The molecule has 1 aromatic rings. The number of nitrogens with one attached hydrogen (secondary N) is 3. The molecule has 1 aliphatic rings. The highest BCUT2D eigenvalue weighted by molar-refractivity contribution is 7.99. The van der Waals surface area contributed by atoms with E-state index in [1.54, 1.807) is 11.8 Å². The highest BCUT2D eigenvalue weighted by Crippen LogP contribution is 2.33. The third-order valence-electron chi connectivity index (χ3n) is 6.55. The summed E-state index contributed by atoms with van der Waals surface area (Å²) in [4.78, 5) is 23.9. The molecular formula is C28H46ClN3O2S. The van der Waals surface area contributed by atoms with Gasteiger partial charge in [-0.2, -0.15) is 0 Å². The minimum atomic E-state index is -0.219. The van der Waals surface area contributed by atoms with Crippen LogP contribution >= 0.6 is 23.4 Å². The molecule has 0 saturated carbocycles. The Morgan fingerprint density at radius 2 is 1.43 bits per heavy atom. The van der Waals surface area contributed by atoms with Crippen LogP contribution in [0.25, 0.3) is 0 Å². The molecule has 0 bridgehead atoms. The van der Waals surface area contributed by atoms with E-state index in [0.29, 0.717) is 0 Å². The number of hydrogen-bond donors (Lipinski definition) is 3. The van der Waals surface area contributed by atoms with Gasteiger partial charge in [-0.1, -0.05) is 103 Å². The van der Waals surface area contributed by atoms with Crippen LogP contribution < -0.4 is 16.0 Å². The first-order valence-corrected chi connectivity index (χ1v) is 15.3. The van der Waals surface area contributed by atoms with Crippen molar-refractivity contribution < 1.29 is 9.59 Å². The topological polar surface area (TPSA) is 70.2 Å². The number of thioether (sulfide) groups is 1. The van der Waals surface area contributed by atoms with Crippen molar-refractivity contribution in [1.29, 1.82) is 0 Å². The Morgan fingerprint density at radius 3 is 1.97 bits per heavy atom. The lowest BCUT2D eigenvalue weighted by atomic mass is 10.0. The van der Waals surface area contributed by atoms with Crippen LogP contribution in [0.4, 0.5) is 5.69 Å². The molecule has 3 N–H and O–H groups in total. The van der Waals surface area contributed by atoms with Gasteiger partial charge in [0.1, 0.15) is 5.88 Å². The molecule has 35 heavy (non-hydrogen) atoms. The summed E-state index contributed by atoms with van der Waals surface area (Å²) >= 11 is 7.27. The molecular weight excluding hydrogens is 478 g/mol. The maximum Gasteiger partial charge on any atom is 0.239 e. The van der Waals surface area contributed by atoms with E-state index < -0.39 is 0 Å². The van der Waals surface area contributed by atoms with E-state index in [0.717, 1.165) is 30.0 Å². The lowest BCUT2D eigenvalue weighted by Gasteiger charge is -2.14. The average Bonchev–Trinajstić information content (AvgIpc) is 3.37. The van der Waals surface area contributed by atoms with Crippen LogP contribution in [0.5, 0.6) is 0 Å². The van der Waals surface area contributed by atoms with Crippen LogP contribution in [0.15, 0.2) is 24.3 Å². The summed E-state index contributed by atoms with van der Waals surface area (Å²) in [7, 11) is 0. The summed E-state index contributed by atoms with van der Waals surface area (Å²) in [6, 6.07) is 7.52. The van der Waals surface area contributed by atoms with Crippen LogP contribution in [0.3, 0.4) is 0 Å². The zero-order valence-electron chi connectivity index (χ0n) is 21.6. The van der Waals surface area contributed by atoms with Crippen molar-refractivity contribution in [3.05, 3.63) is 29.8 Å². The third-order valence-corrected chi connectivity index (χ3v) is 8.06. The molecule has 1 saturated heterocycles. The van der Waals surface area contributed by atoms with Crippen LogP contribution in [0, 0.1) is 0 Å². The molecule has 5 nitrogen and oxygen atoms in total. The second-order valence-corrected chi connectivity index (χ2v) is 11.0. The standard InChI is InChI=1S/C28H46ClN3O2S/c1-2-3-4-5-6-7-8-9-10-11-12-13-14-15-20-30-27(34)25-22-35-28(32-25)23-16-18-24(19-17-23)31-26(33)21-29/h16-19,25,28,32H,2-15,20-22H2,1H3,(H,30,34)(H,31,33)/t25-,28?/m0/s1. The quantitative estimate of drug-likeness (QED) is 0.133. The van der Waals surface area contributed by atoms with E-state index in [9.17, 15) is 9.59 Å². The molecule has 198 valence electrons. The lowest BCUT2D eigenvalue weighted by Crippen LogP contribution is -2.42. The number of halogens is 1. The summed E-state index contributed by atoms with van der Waals surface area (Å²) in [6.07, 6.45) is 18.8. The number of carbonyl (C=O) groups is 2. The Bertz CT molecular complexity index is 717. The van der Waals surface area contributed by atoms with Crippen LogP contribution in [0.1, 0.15) is 108 Å². The van der Waals surface area contributed by atoms with Crippen molar-refractivity contribution in [1.82, 2.24) is 10.6 Å². The fourth-order valence-electron chi connectivity index (χ4n) is 4.41. The van der Waals surface area contributed by atoms with Gasteiger partial charge in [0.25, 0.3) is 0 Å². The van der Waals surface area contributed by atoms with Crippen molar-refractivity contribution in [3.63, 3.8) is 0 Å². The normalized spacial score (nSPS) is 17.4. The second kappa shape index (κ2) is 18.9. The maximum absolute atomic E-state index is 12.5. The number of rotatable bonds is 19. The third kappa shape index (κ3) is 13.0. The first kappa shape index (κ1) is 30.0. The smallest absolute Gasteiger partial charge is 0.239 e. The fraction of sp³-hybridized carbons (Fsp3) is 0.714. The van der Waals surface area contributed by atoms with Gasteiger partial charge >= 0.3 is 0 Å². The average molecular weight is 524 g/mol. The molecule has 0 aliphatic carbocycles. The highest BCUT2D eigenvalue weighted by atomic mass is 35.5. The Kier molecular flexibility index (Phi) is 16.2. The van der Waals surface area contributed by atoms with Gasteiger partial charge in [-0.15, -0.1) is 23.4 Å².